The standard InChI is InChI=1S/C16H13Cl2NO3/c1-10-5-6-14(13(18)7-10)19-15(20)9-22-16(21)11-3-2-4-12(17)8-11/h2-8H,9H2,1H3,(H,19,20). The molecule has 0 radical (unpaired) electrons. The average molecular weight is 338 g/mol. The van der Waals surface area contributed by atoms with Crippen LogP contribution in [0.5, 0.6) is 0 Å². The van der Waals surface area contributed by atoms with Crippen molar-refractivity contribution in [3.05, 3.63) is 63.6 Å². The fourth-order valence-electron chi connectivity index (χ4n) is 1.74. The molecular formula is C16H13Cl2NO3. The van der Waals surface area contributed by atoms with Crippen LogP contribution in [0, 0.1) is 6.92 Å². The van der Waals surface area contributed by atoms with Gasteiger partial charge in [-0.2, -0.15) is 0 Å². The zero-order valence-electron chi connectivity index (χ0n) is 11.7. The van der Waals surface area contributed by atoms with Crippen LogP contribution in [-0.4, -0.2) is 18.5 Å². The third kappa shape index (κ3) is 4.48. The van der Waals surface area contributed by atoms with Crippen molar-refractivity contribution in [1.29, 1.82) is 0 Å². The van der Waals surface area contributed by atoms with Crippen LogP contribution < -0.4 is 5.32 Å². The summed E-state index contributed by atoms with van der Waals surface area (Å²) in [4.78, 5) is 23.6. The Morgan fingerprint density at radius 2 is 1.91 bits per heavy atom. The van der Waals surface area contributed by atoms with Crippen LogP contribution in [0.4, 0.5) is 5.69 Å². The topological polar surface area (TPSA) is 55.4 Å². The summed E-state index contributed by atoms with van der Waals surface area (Å²) < 4.78 is 4.93. The molecule has 114 valence electrons. The first-order chi connectivity index (χ1) is 10.5. The van der Waals surface area contributed by atoms with E-state index in [9.17, 15) is 9.59 Å². The number of esters is 1. The molecule has 0 saturated heterocycles. The number of hydrogen-bond donors (Lipinski definition) is 1. The summed E-state index contributed by atoms with van der Waals surface area (Å²) in [6.07, 6.45) is 0. The summed E-state index contributed by atoms with van der Waals surface area (Å²) in [6, 6.07) is 11.5. The second kappa shape index (κ2) is 7.29. The molecule has 6 heteroatoms. The fraction of sp³-hybridized carbons (Fsp3) is 0.125. The Balaban J connectivity index is 1.91. The van der Waals surface area contributed by atoms with Gasteiger partial charge in [-0.3, -0.25) is 4.79 Å². The molecule has 0 aliphatic heterocycles. The molecule has 22 heavy (non-hydrogen) atoms. The van der Waals surface area contributed by atoms with E-state index in [-0.39, 0.29) is 5.56 Å². The monoisotopic (exact) mass is 337 g/mol. The fourth-order valence-corrected chi connectivity index (χ4v) is 2.21. The largest absolute Gasteiger partial charge is 0.452 e. The van der Waals surface area contributed by atoms with Gasteiger partial charge in [0.05, 0.1) is 16.3 Å². The first kappa shape index (κ1) is 16.3. The maximum Gasteiger partial charge on any atom is 0.338 e. The van der Waals surface area contributed by atoms with Crippen LogP contribution in [0.15, 0.2) is 42.5 Å². The second-order valence-corrected chi connectivity index (χ2v) is 5.46. The molecule has 1 N–H and O–H groups in total. The number of benzene rings is 2. The van der Waals surface area contributed by atoms with Crippen LogP contribution in [0.1, 0.15) is 15.9 Å². The van der Waals surface area contributed by atoms with E-state index in [1.807, 2.05) is 13.0 Å². The molecule has 0 aromatic heterocycles. The smallest absolute Gasteiger partial charge is 0.338 e. The van der Waals surface area contributed by atoms with Crippen molar-refractivity contribution in [1.82, 2.24) is 0 Å². The minimum absolute atomic E-state index is 0.286. The van der Waals surface area contributed by atoms with E-state index in [4.69, 9.17) is 27.9 Å². The first-order valence-corrected chi connectivity index (χ1v) is 7.20. The highest BCUT2D eigenvalue weighted by Gasteiger charge is 2.11. The van der Waals surface area contributed by atoms with Crippen molar-refractivity contribution in [2.75, 3.05) is 11.9 Å². The number of ether oxygens (including phenoxy) is 1. The van der Waals surface area contributed by atoms with Crippen LogP contribution in [-0.2, 0) is 9.53 Å². The van der Waals surface area contributed by atoms with Gasteiger partial charge >= 0.3 is 5.97 Å². The lowest BCUT2D eigenvalue weighted by atomic mass is 10.2. The predicted molar refractivity (Wildman–Crippen MR) is 86.6 cm³/mol. The molecule has 0 heterocycles. The van der Waals surface area contributed by atoms with Crippen molar-refractivity contribution in [2.24, 2.45) is 0 Å². The molecule has 2 rings (SSSR count). The Bertz CT molecular complexity index is 716. The van der Waals surface area contributed by atoms with Gasteiger partial charge in [0.2, 0.25) is 0 Å². The van der Waals surface area contributed by atoms with E-state index < -0.39 is 18.5 Å². The summed E-state index contributed by atoms with van der Waals surface area (Å²) in [5, 5.41) is 3.43. The quantitative estimate of drug-likeness (QED) is 0.854. The first-order valence-electron chi connectivity index (χ1n) is 6.44. The molecule has 2 aromatic carbocycles. The Hall–Kier alpha value is -2.04. The molecule has 2 aromatic rings. The molecular weight excluding hydrogens is 325 g/mol. The normalized spacial score (nSPS) is 10.1. The zero-order valence-corrected chi connectivity index (χ0v) is 13.2. The van der Waals surface area contributed by atoms with Crippen molar-refractivity contribution < 1.29 is 14.3 Å². The van der Waals surface area contributed by atoms with Gasteiger partial charge in [-0.05, 0) is 42.8 Å². The summed E-state index contributed by atoms with van der Waals surface area (Å²) >= 11 is 11.8. The highest BCUT2D eigenvalue weighted by molar-refractivity contribution is 6.33. The van der Waals surface area contributed by atoms with Crippen molar-refractivity contribution >= 4 is 40.8 Å². The Labute approximate surface area is 138 Å². The van der Waals surface area contributed by atoms with E-state index in [1.54, 1.807) is 30.3 Å². The summed E-state index contributed by atoms with van der Waals surface area (Å²) in [5.41, 5.74) is 1.74. The average Bonchev–Trinajstić information content (AvgIpc) is 2.47. The maximum absolute atomic E-state index is 11.8. The number of carbonyl (C=O) groups excluding carboxylic acids is 2. The summed E-state index contributed by atoms with van der Waals surface area (Å²) in [6.45, 7) is 1.49. The van der Waals surface area contributed by atoms with E-state index >= 15 is 0 Å². The Kier molecular flexibility index (Phi) is 5.41. The molecule has 0 fully saturated rings. The van der Waals surface area contributed by atoms with Gasteiger partial charge in [0.25, 0.3) is 5.91 Å². The van der Waals surface area contributed by atoms with Gasteiger partial charge in [0, 0.05) is 5.02 Å². The third-order valence-electron chi connectivity index (χ3n) is 2.79. The van der Waals surface area contributed by atoms with Gasteiger partial charge in [0.1, 0.15) is 0 Å². The third-order valence-corrected chi connectivity index (χ3v) is 3.34. The number of hydrogen-bond acceptors (Lipinski definition) is 3. The molecule has 0 aliphatic rings. The second-order valence-electron chi connectivity index (χ2n) is 4.62. The number of halogens is 2. The SMILES string of the molecule is Cc1ccc(NC(=O)COC(=O)c2cccc(Cl)c2)c(Cl)c1. The van der Waals surface area contributed by atoms with Gasteiger partial charge < -0.3 is 10.1 Å². The maximum atomic E-state index is 11.8. The summed E-state index contributed by atoms with van der Waals surface area (Å²) in [5.74, 6) is -1.09. The predicted octanol–water partition coefficient (Wildman–Crippen LogP) is 4.10. The molecule has 0 aliphatic carbocycles. The number of rotatable bonds is 4. The zero-order chi connectivity index (χ0) is 16.1. The van der Waals surface area contributed by atoms with E-state index in [0.717, 1.165) is 5.56 Å². The van der Waals surface area contributed by atoms with Crippen LogP contribution in [0.25, 0.3) is 0 Å². The molecule has 0 unspecified atom stereocenters. The van der Waals surface area contributed by atoms with E-state index in [2.05, 4.69) is 5.32 Å². The molecule has 0 spiro atoms. The molecule has 0 saturated carbocycles. The van der Waals surface area contributed by atoms with E-state index in [0.29, 0.717) is 15.7 Å². The van der Waals surface area contributed by atoms with Crippen molar-refractivity contribution in [3.63, 3.8) is 0 Å². The Morgan fingerprint density at radius 1 is 1.14 bits per heavy atom. The highest BCUT2D eigenvalue weighted by Crippen LogP contribution is 2.22. The lowest BCUT2D eigenvalue weighted by Crippen LogP contribution is -2.21. The van der Waals surface area contributed by atoms with Crippen molar-refractivity contribution in [3.8, 4) is 0 Å². The molecule has 4 nitrogen and oxygen atoms in total. The van der Waals surface area contributed by atoms with Gasteiger partial charge in [-0.1, -0.05) is 35.3 Å². The minimum Gasteiger partial charge on any atom is -0.452 e. The summed E-state index contributed by atoms with van der Waals surface area (Å²) in [7, 11) is 0. The molecule has 1 amide bonds. The molecule has 0 atom stereocenters. The van der Waals surface area contributed by atoms with Crippen molar-refractivity contribution in [2.45, 2.75) is 6.92 Å². The highest BCUT2D eigenvalue weighted by atomic mass is 35.5. The van der Waals surface area contributed by atoms with Crippen LogP contribution in [0.2, 0.25) is 10.0 Å². The lowest BCUT2D eigenvalue weighted by molar-refractivity contribution is -0.119. The Morgan fingerprint density at radius 3 is 2.59 bits per heavy atom. The van der Waals surface area contributed by atoms with Crippen LogP contribution in [0.3, 0.4) is 0 Å². The van der Waals surface area contributed by atoms with E-state index in [1.165, 1.54) is 6.07 Å². The van der Waals surface area contributed by atoms with Gasteiger partial charge in [-0.15, -0.1) is 0 Å². The molecule has 0 bridgehead atoms. The number of anilines is 1. The minimum atomic E-state index is -0.618. The van der Waals surface area contributed by atoms with Crippen LogP contribution >= 0.6 is 23.2 Å². The van der Waals surface area contributed by atoms with Gasteiger partial charge in [-0.25, -0.2) is 4.79 Å². The number of amides is 1. The number of carbonyl (C=O) groups is 2. The van der Waals surface area contributed by atoms with Gasteiger partial charge in [0.15, 0.2) is 6.61 Å². The number of nitrogens with one attached hydrogen (secondary N) is 1. The number of aryl methyl sites for hydroxylation is 1. The lowest BCUT2D eigenvalue weighted by Gasteiger charge is -2.08.